The van der Waals surface area contributed by atoms with Gasteiger partial charge in [-0.1, -0.05) is 74.9 Å². The van der Waals surface area contributed by atoms with E-state index in [4.69, 9.17) is 4.74 Å². The second kappa shape index (κ2) is 10.8. The monoisotopic (exact) mass is 512 g/mol. The smallest absolute Gasteiger partial charge is 0.339 e. The van der Waals surface area contributed by atoms with Crippen molar-refractivity contribution in [2.75, 3.05) is 10.6 Å². The maximum atomic E-state index is 14.4. The summed E-state index contributed by atoms with van der Waals surface area (Å²) < 4.78 is 20.7. The lowest BCUT2D eigenvalue weighted by atomic mass is 9.86. The number of halogens is 1. The van der Waals surface area contributed by atoms with E-state index < -0.39 is 23.4 Å². The molecule has 0 heterocycles. The maximum absolute atomic E-state index is 14.4. The number of nitrogens with one attached hydrogen (secondary N) is 2. The topological polar surface area (TPSA) is 87.7 Å². The largest absolute Gasteiger partial charge is 0.478 e. The summed E-state index contributed by atoms with van der Waals surface area (Å²) in [5, 5.41) is 15.2. The van der Waals surface area contributed by atoms with E-state index in [0.717, 1.165) is 17.2 Å². The van der Waals surface area contributed by atoms with E-state index >= 15 is 0 Å². The Bertz CT molecular complexity index is 1490. The first kappa shape index (κ1) is 26.4. The van der Waals surface area contributed by atoms with Gasteiger partial charge in [-0.2, -0.15) is 0 Å². The van der Waals surface area contributed by atoms with Gasteiger partial charge in [-0.25, -0.2) is 14.0 Å². The van der Waals surface area contributed by atoms with E-state index in [-0.39, 0.29) is 16.7 Å². The van der Waals surface area contributed by atoms with E-state index in [1.165, 1.54) is 12.1 Å². The minimum absolute atomic E-state index is 0.182. The first-order valence-corrected chi connectivity index (χ1v) is 12.1. The lowest BCUT2D eigenvalue weighted by Gasteiger charge is -2.23. The van der Waals surface area contributed by atoms with Gasteiger partial charge in [0.2, 0.25) is 0 Å². The Kier molecular flexibility index (Phi) is 7.48. The van der Waals surface area contributed by atoms with Gasteiger partial charge in [-0.05, 0) is 59.9 Å². The highest BCUT2D eigenvalue weighted by Crippen LogP contribution is 2.39. The molecule has 4 aromatic rings. The zero-order chi connectivity index (χ0) is 27.4. The third-order valence-corrected chi connectivity index (χ3v) is 5.99. The van der Waals surface area contributed by atoms with Crippen molar-refractivity contribution in [2.45, 2.75) is 33.1 Å². The molecule has 3 N–H and O–H groups in total. The second-order valence-electron chi connectivity index (χ2n) is 9.97. The highest BCUT2D eigenvalue weighted by molar-refractivity contribution is 6.02. The molecule has 0 saturated heterocycles. The van der Waals surface area contributed by atoms with Crippen LogP contribution in [0.1, 0.15) is 42.3 Å². The average Bonchev–Trinajstić information content (AvgIpc) is 2.86. The third-order valence-electron chi connectivity index (χ3n) is 5.99. The van der Waals surface area contributed by atoms with Gasteiger partial charge in [0, 0.05) is 11.3 Å². The Morgan fingerprint density at radius 1 is 0.842 bits per heavy atom. The molecule has 0 saturated carbocycles. The number of carbonyl (C=O) groups is 2. The number of ether oxygens (including phenoxy) is 1. The summed E-state index contributed by atoms with van der Waals surface area (Å²) in [6.07, 6.45) is 0. The number of benzene rings is 4. The number of aryl methyl sites for hydroxylation is 1. The van der Waals surface area contributed by atoms with Crippen LogP contribution >= 0.6 is 0 Å². The van der Waals surface area contributed by atoms with Crippen molar-refractivity contribution in [1.29, 1.82) is 0 Å². The second-order valence-corrected chi connectivity index (χ2v) is 9.97. The molecule has 7 heteroatoms. The normalized spacial score (nSPS) is 11.1. The first-order valence-electron chi connectivity index (χ1n) is 12.1. The molecule has 0 fully saturated rings. The van der Waals surface area contributed by atoms with Crippen molar-refractivity contribution in [1.82, 2.24) is 0 Å². The Balaban J connectivity index is 1.76. The molecule has 0 unspecified atom stereocenters. The lowest BCUT2D eigenvalue weighted by Crippen LogP contribution is -2.20. The van der Waals surface area contributed by atoms with Crippen LogP contribution in [0.3, 0.4) is 0 Å². The molecule has 4 rings (SSSR count). The highest BCUT2D eigenvalue weighted by Gasteiger charge is 2.22. The summed E-state index contributed by atoms with van der Waals surface area (Å²) >= 11 is 0. The molecule has 194 valence electrons. The molecule has 0 spiro atoms. The van der Waals surface area contributed by atoms with E-state index in [9.17, 15) is 19.1 Å². The molecule has 0 radical (unpaired) electrons. The average molecular weight is 513 g/mol. The molecule has 6 nitrogen and oxygen atoms in total. The van der Waals surface area contributed by atoms with Crippen LogP contribution in [0.4, 0.5) is 20.6 Å². The van der Waals surface area contributed by atoms with Crippen LogP contribution in [-0.2, 0) is 5.41 Å². The molecule has 0 atom stereocenters. The van der Waals surface area contributed by atoms with Crippen LogP contribution in [0.15, 0.2) is 84.9 Å². The summed E-state index contributed by atoms with van der Waals surface area (Å²) in [6.45, 7) is 8.17. The number of rotatable bonds is 6. The van der Waals surface area contributed by atoms with Crippen LogP contribution < -0.4 is 15.4 Å². The molecular weight excluding hydrogens is 483 g/mol. The number of para-hydroxylation sites is 1. The molecule has 0 aliphatic heterocycles. The summed E-state index contributed by atoms with van der Waals surface area (Å²) in [4.78, 5) is 24.7. The van der Waals surface area contributed by atoms with Gasteiger partial charge in [0.1, 0.15) is 17.1 Å². The van der Waals surface area contributed by atoms with Gasteiger partial charge in [-0.15, -0.1) is 0 Å². The van der Waals surface area contributed by atoms with E-state index in [0.29, 0.717) is 22.7 Å². The number of hydrogen-bond acceptors (Lipinski definition) is 3. The number of hydrogen-bond donors (Lipinski definition) is 3. The molecule has 0 aliphatic carbocycles. The van der Waals surface area contributed by atoms with E-state index in [1.54, 1.807) is 30.3 Å². The fourth-order valence-corrected chi connectivity index (χ4v) is 4.08. The van der Waals surface area contributed by atoms with Gasteiger partial charge < -0.3 is 20.5 Å². The molecule has 0 bridgehead atoms. The number of carboxylic acids is 1. The Labute approximate surface area is 221 Å². The van der Waals surface area contributed by atoms with Crippen molar-refractivity contribution in [3.8, 4) is 22.6 Å². The summed E-state index contributed by atoms with van der Waals surface area (Å²) in [5.74, 6) is -1.27. The van der Waals surface area contributed by atoms with Crippen LogP contribution in [-0.4, -0.2) is 17.1 Å². The van der Waals surface area contributed by atoms with E-state index in [2.05, 4.69) is 31.4 Å². The number of carboxylic acid groups (broad SMARTS) is 1. The Hall–Kier alpha value is -4.65. The zero-order valence-electron chi connectivity index (χ0n) is 21.6. The quantitative estimate of drug-likeness (QED) is 0.243. The van der Waals surface area contributed by atoms with Gasteiger partial charge in [-0.3, -0.25) is 0 Å². The van der Waals surface area contributed by atoms with Crippen molar-refractivity contribution < 1.29 is 23.8 Å². The fraction of sp³-hybridized carbons (Fsp3) is 0.161. The van der Waals surface area contributed by atoms with Gasteiger partial charge in [0.15, 0.2) is 5.75 Å². The maximum Gasteiger partial charge on any atom is 0.339 e. The third kappa shape index (κ3) is 6.00. The van der Waals surface area contributed by atoms with E-state index in [1.807, 2.05) is 43.3 Å². The van der Waals surface area contributed by atoms with Crippen molar-refractivity contribution in [2.24, 2.45) is 0 Å². The SMILES string of the molecule is Cc1ccc(NC(=O)Nc2cc(-c3cccc(F)c3C(=O)O)ccc2Oc2ccccc2C(C)(C)C)cc1. The Morgan fingerprint density at radius 2 is 1.55 bits per heavy atom. The van der Waals surface area contributed by atoms with Crippen molar-refractivity contribution >= 4 is 23.4 Å². The number of urea groups is 1. The van der Waals surface area contributed by atoms with Crippen LogP contribution in [0.25, 0.3) is 11.1 Å². The van der Waals surface area contributed by atoms with Gasteiger partial charge in [0.25, 0.3) is 0 Å². The first-order chi connectivity index (χ1) is 18.0. The van der Waals surface area contributed by atoms with Crippen LogP contribution in [0.5, 0.6) is 11.5 Å². The molecule has 0 aliphatic rings. The van der Waals surface area contributed by atoms with Gasteiger partial charge in [0.05, 0.1) is 5.69 Å². The number of anilines is 2. The summed E-state index contributed by atoms with van der Waals surface area (Å²) in [7, 11) is 0. The Morgan fingerprint density at radius 3 is 2.24 bits per heavy atom. The summed E-state index contributed by atoms with van der Waals surface area (Å²) in [5.41, 5.74) is 2.85. The minimum atomic E-state index is -1.39. The standard InChI is InChI=1S/C31H29FN2O4/c1-19-12-15-21(16-13-19)33-30(37)34-25-18-20(22-8-7-10-24(32)28(22)29(35)36)14-17-27(25)38-26-11-6-5-9-23(26)31(2,3)4/h5-18H,1-4H3,(H,35,36)(H2,33,34,37). The predicted octanol–water partition coefficient (Wildman–Crippen LogP) is 8.23. The zero-order valence-corrected chi connectivity index (χ0v) is 21.6. The molecule has 2 amide bonds. The van der Waals surface area contributed by atoms with Crippen LogP contribution in [0.2, 0.25) is 0 Å². The summed E-state index contributed by atoms with van der Waals surface area (Å²) in [6, 6.07) is 23.3. The van der Waals surface area contributed by atoms with Gasteiger partial charge >= 0.3 is 12.0 Å². The molecule has 4 aromatic carbocycles. The highest BCUT2D eigenvalue weighted by atomic mass is 19.1. The molecule has 38 heavy (non-hydrogen) atoms. The molecular formula is C31H29FN2O4. The van der Waals surface area contributed by atoms with Crippen LogP contribution in [0, 0.1) is 12.7 Å². The minimum Gasteiger partial charge on any atom is -0.478 e. The molecule has 0 aromatic heterocycles. The number of carbonyl (C=O) groups excluding carboxylic acids is 1. The van der Waals surface area contributed by atoms with Crippen molar-refractivity contribution in [3.63, 3.8) is 0 Å². The predicted molar refractivity (Wildman–Crippen MR) is 148 cm³/mol. The fourth-order valence-electron chi connectivity index (χ4n) is 4.08. The number of amides is 2. The lowest BCUT2D eigenvalue weighted by molar-refractivity contribution is 0.0692. The van der Waals surface area contributed by atoms with Crippen molar-refractivity contribution in [3.05, 3.63) is 107 Å². The number of aromatic carboxylic acids is 1.